The molecule has 0 bridgehead atoms. The number of nitrogens with one attached hydrogen (secondary N) is 5. The quantitative estimate of drug-likeness (QED) is 0.0320. The van der Waals surface area contributed by atoms with Gasteiger partial charge in [-0.05, 0) is 64.2 Å². The molecule has 0 atom stereocenters. The van der Waals surface area contributed by atoms with Crippen LogP contribution in [-0.2, 0) is 9.59 Å². The smallest absolute Gasteiger partial charge is 0.220 e. The van der Waals surface area contributed by atoms with Gasteiger partial charge in [0, 0.05) is 65.2 Å². The van der Waals surface area contributed by atoms with Gasteiger partial charge in [0.1, 0.15) is 0 Å². The molecule has 51 heavy (non-hydrogen) atoms. The fourth-order valence-corrected chi connectivity index (χ4v) is 6.20. The lowest BCUT2D eigenvalue weighted by Crippen LogP contribution is -2.37. The fraction of sp³-hybridized carbons (Fsp3) is 0.864. The number of amides is 2. The lowest BCUT2D eigenvalue weighted by Gasteiger charge is -2.09. The van der Waals surface area contributed by atoms with Crippen LogP contribution < -0.4 is 26.6 Å². The van der Waals surface area contributed by atoms with Crippen LogP contribution in [0.5, 0.6) is 0 Å². The second-order valence-electron chi connectivity index (χ2n) is 14.6. The predicted octanol–water partition coefficient (Wildman–Crippen LogP) is 10.1. The van der Waals surface area contributed by atoms with E-state index in [1.165, 1.54) is 141 Å². The minimum absolute atomic E-state index is 0.179. The van der Waals surface area contributed by atoms with E-state index in [1.54, 1.807) is 0 Å². The van der Waals surface area contributed by atoms with Crippen molar-refractivity contribution in [2.45, 2.75) is 194 Å². The molecule has 5 N–H and O–H groups in total. The van der Waals surface area contributed by atoms with E-state index < -0.39 is 0 Å². The minimum Gasteiger partial charge on any atom is -0.355 e. The summed E-state index contributed by atoms with van der Waals surface area (Å²) in [5.41, 5.74) is 0. The zero-order valence-corrected chi connectivity index (χ0v) is 34.1. The summed E-state index contributed by atoms with van der Waals surface area (Å²) in [6.45, 7) is 11.1. The highest BCUT2D eigenvalue weighted by molar-refractivity contribution is 5.76. The molecule has 300 valence electrons. The van der Waals surface area contributed by atoms with Crippen LogP contribution in [0.1, 0.15) is 194 Å². The Labute approximate surface area is 317 Å². The lowest BCUT2D eigenvalue weighted by molar-refractivity contribution is -0.122. The van der Waals surface area contributed by atoms with Gasteiger partial charge in [-0.3, -0.25) is 9.59 Å². The van der Waals surface area contributed by atoms with Gasteiger partial charge in [0.05, 0.1) is 0 Å². The van der Waals surface area contributed by atoms with Crippen molar-refractivity contribution in [3.8, 4) is 0 Å². The molecule has 0 unspecified atom stereocenters. The van der Waals surface area contributed by atoms with Gasteiger partial charge < -0.3 is 26.6 Å². The number of rotatable bonds is 42. The molecule has 7 nitrogen and oxygen atoms in total. The number of hydrogen-bond acceptors (Lipinski definition) is 5. The standard InChI is InChI=1S/C44H87N5O2/c1-3-5-7-9-11-13-15-17-19-21-23-25-27-29-31-33-43(50)48-41-39-46-37-35-45-36-38-47-40-42-49-44(51)34-32-30-28-26-24-22-20-18-16-14-12-10-8-6-4-2/h17-20,45-47H,3-16,21-42H2,1-2H3,(H,48,50)(H,49,51)/b19-17-,20-18-. The molecule has 0 spiro atoms. The number of unbranched alkanes of at least 4 members (excludes halogenated alkanes) is 22. The number of carbonyl (C=O) groups excluding carboxylic acids is 2. The molecule has 0 aromatic rings. The van der Waals surface area contributed by atoms with E-state index in [-0.39, 0.29) is 11.8 Å². The third-order valence-corrected chi connectivity index (χ3v) is 9.54. The highest BCUT2D eigenvalue weighted by atomic mass is 16.2. The molecule has 0 saturated carbocycles. The summed E-state index contributed by atoms with van der Waals surface area (Å²) in [6, 6.07) is 0. The maximum absolute atomic E-state index is 12.1. The van der Waals surface area contributed by atoms with Gasteiger partial charge >= 0.3 is 0 Å². The zero-order chi connectivity index (χ0) is 37.0. The number of allylic oxidation sites excluding steroid dienone is 4. The Morgan fingerprint density at radius 3 is 0.902 bits per heavy atom. The van der Waals surface area contributed by atoms with Crippen LogP contribution in [-0.4, -0.2) is 64.2 Å². The van der Waals surface area contributed by atoms with Gasteiger partial charge in [-0.15, -0.1) is 0 Å². The van der Waals surface area contributed by atoms with E-state index in [1.807, 2.05) is 0 Å². The Hall–Kier alpha value is -1.70. The van der Waals surface area contributed by atoms with Crippen molar-refractivity contribution in [2.75, 3.05) is 52.4 Å². The fourth-order valence-electron chi connectivity index (χ4n) is 6.20. The molecule has 0 radical (unpaired) electrons. The maximum atomic E-state index is 12.1. The Morgan fingerprint density at radius 1 is 0.333 bits per heavy atom. The lowest BCUT2D eigenvalue weighted by atomic mass is 10.1. The highest BCUT2D eigenvalue weighted by Crippen LogP contribution is 2.11. The van der Waals surface area contributed by atoms with Crippen molar-refractivity contribution in [3.05, 3.63) is 24.3 Å². The Kier molecular flexibility index (Phi) is 43.0. The van der Waals surface area contributed by atoms with E-state index in [2.05, 4.69) is 64.7 Å². The third-order valence-electron chi connectivity index (χ3n) is 9.54. The van der Waals surface area contributed by atoms with Crippen LogP contribution >= 0.6 is 0 Å². The normalized spacial score (nSPS) is 11.6. The summed E-state index contributed by atoms with van der Waals surface area (Å²) in [5, 5.41) is 16.2. The Morgan fingerprint density at radius 2 is 0.588 bits per heavy atom. The van der Waals surface area contributed by atoms with Crippen LogP contribution in [0.25, 0.3) is 0 Å². The molecule has 0 aliphatic rings. The van der Waals surface area contributed by atoms with Crippen molar-refractivity contribution in [1.29, 1.82) is 0 Å². The van der Waals surface area contributed by atoms with E-state index in [0.717, 1.165) is 65.0 Å². The van der Waals surface area contributed by atoms with Crippen molar-refractivity contribution in [2.24, 2.45) is 0 Å². The van der Waals surface area contributed by atoms with Gasteiger partial charge in [0.25, 0.3) is 0 Å². The first-order valence-electron chi connectivity index (χ1n) is 22.2. The van der Waals surface area contributed by atoms with Crippen LogP contribution in [0.3, 0.4) is 0 Å². The second kappa shape index (κ2) is 44.5. The average Bonchev–Trinajstić information content (AvgIpc) is 3.13. The summed E-state index contributed by atoms with van der Waals surface area (Å²) in [5.74, 6) is 0.357. The molecular formula is C44H87N5O2. The summed E-state index contributed by atoms with van der Waals surface area (Å²) in [4.78, 5) is 24.1. The van der Waals surface area contributed by atoms with Gasteiger partial charge in [0.2, 0.25) is 11.8 Å². The second-order valence-corrected chi connectivity index (χ2v) is 14.6. The molecule has 0 aliphatic carbocycles. The summed E-state index contributed by atoms with van der Waals surface area (Å²) in [6.07, 6.45) is 44.0. The SMILES string of the molecule is CCCCCCCC/C=C\CCCCCCCC(=O)NCCNCCNCCNCCNC(=O)CCCCCCC/C=C\CCCCCCCC. The maximum Gasteiger partial charge on any atom is 0.220 e. The average molecular weight is 718 g/mol. The molecule has 7 heteroatoms. The molecule has 0 rings (SSSR count). The molecule has 0 aromatic heterocycles. The van der Waals surface area contributed by atoms with E-state index >= 15 is 0 Å². The molecule has 2 amide bonds. The zero-order valence-electron chi connectivity index (χ0n) is 34.1. The minimum atomic E-state index is 0.179. The van der Waals surface area contributed by atoms with Crippen molar-refractivity contribution in [1.82, 2.24) is 26.6 Å². The van der Waals surface area contributed by atoms with E-state index in [9.17, 15) is 9.59 Å². The first kappa shape index (κ1) is 49.3. The number of hydrogen-bond donors (Lipinski definition) is 5. The summed E-state index contributed by atoms with van der Waals surface area (Å²) < 4.78 is 0. The van der Waals surface area contributed by atoms with Gasteiger partial charge in [-0.25, -0.2) is 0 Å². The highest BCUT2D eigenvalue weighted by Gasteiger charge is 2.02. The molecular weight excluding hydrogens is 631 g/mol. The van der Waals surface area contributed by atoms with Crippen LogP contribution in [0.2, 0.25) is 0 Å². The van der Waals surface area contributed by atoms with Crippen LogP contribution in [0.15, 0.2) is 24.3 Å². The largest absolute Gasteiger partial charge is 0.355 e. The predicted molar refractivity (Wildman–Crippen MR) is 224 cm³/mol. The van der Waals surface area contributed by atoms with Crippen LogP contribution in [0, 0.1) is 0 Å². The topological polar surface area (TPSA) is 94.3 Å². The monoisotopic (exact) mass is 718 g/mol. The summed E-state index contributed by atoms with van der Waals surface area (Å²) >= 11 is 0. The van der Waals surface area contributed by atoms with E-state index in [0.29, 0.717) is 25.9 Å². The first-order valence-corrected chi connectivity index (χ1v) is 22.2. The molecule has 0 heterocycles. The first-order chi connectivity index (χ1) is 25.2. The Balaban J connectivity index is 3.27. The van der Waals surface area contributed by atoms with Crippen molar-refractivity contribution in [3.63, 3.8) is 0 Å². The van der Waals surface area contributed by atoms with Crippen molar-refractivity contribution < 1.29 is 9.59 Å². The van der Waals surface area contributed by atoms with Gasteiger partial charge in [-0.2, -0.15) is 0 Å². The van der Waals surface area contributed by atoms with Crippen LogP contribution in [0.4, 0.5) is 0 Å². The third kappa shape index (κ3) is 44.4. The summed E-state index contributed by atoms with van der Waals surface area (Å²) in [7, 11) is 0. The van der Waals surface area contributed by atoms with Gasteiger partial charge in [-0.1, -0.05) is 141 Å². The molecule has 0 aliphatic heterocycles. The van der Waals surface area contributed by atoms with E-state index in [4.69, 9.17) is 0 Å². The van der Waals surface area contributed by atoms with Crippen molar-refractivity contribution >= 4 is 11.8 Å². The van der Waals surface area contributed by atoms with Gasteiger partial charge in [0.15, 0.2) is 0 Å². The molecule has 0 aromatic carbocycles. The number of carbonyl (C=O) groups is 2. The molecule has 0 saturated heterocycles. The molecule has 0 fully saturated rings. The Bertz CT molecular complexity index is 711.